The van der Waals surface area contributed by atoms with E-state index >= 15 is 0 Å². The summed E-state index contributed by atoms with van der Waals surface area (Å²) in [6.45, 7) is 5.82. The van der Waals surface area contributed by atoms with Crippen LogP contribution in [0.4, 0.5) is 0 Å². The smallest absolute Gasteiger partial charge is 0.269 e. The third kappa shape index (κ3) is 3.83. The average molecular weight is 256 g/mol. The van der Waals surface area contributed by atoms with E-state index in [0.717, 1.165) is 16.9 Å². The van der Waals surface area contributed by atoms with Gasteiger partial charge in [0.2, 0.25) is 0 Å². The molecular formula is C11H16N2O3S. The van der Waals surface area contributed by atoms with Crippen LogP contribution in [0.1, 0.15) is 25.2 Å². The van der Waals surface area contributed by atoms with Crippen LogP contribution in [0.5, 0.6) is 0 Å². The molecule has 0 aliphatic heterocycles. The zero-order valence-corrected chi connectivity index (χ0v) is 10.9. The average Bonchev–Trinajstić information content (AvgIpc) is 2.58. The maximum Gasteiger partial charge on any atom is 0.269 e. The molecule has 2 N–H and O–H groups in total. The third-order valence-corrected chi connectivity index (χ3v) is 2.71. The first-order valence-corrected chi connectivity index (χ1v) is 6.95. The largest absolute Gasteiger partial charge is 0.342 e. The fourth-order valence-electron chi connectivity index (χ4n) is 1.48. The fraction of sp³-hybridized carbons (Fsp3) is 0.364. The van der Waals surface area contributed by atoms with Gasteiger partial charge >= 0.3 is 0 Å². The summed E-state index contributed by atoms with van der Waals surface area (Å²) in [4.78, 5) is 7.18. The molecule has 5 nitrogen and oxygen atoms in total. The summed E-state index contributed by atoms with van der Waals surface area (Å²) in [7, 11) is -3.97. The number of aromatic amines is 1. The van der Waals surface area contributed by atoms with E-state index in [4.69, 9.17) is 4.55 Å². The Morgan fingerprint density at radius 2 is 2.00 bits per heavy atom. The van der Waals surface area contributed by atoms with Gasteiger partial charge in [-0.2, -0.15) is 8.42 Å². The molecule has 1 heterocycles. The van der Waals surface area contributed by atoms with Gasteiger partial charge in [0, 0.05) is 0 Å². The quantitative estimate of drug-likeness (QED) is 0.807. The number of benzene rings is 1. The van der Waals surface area contributed by atoms with Gasteiger partial charge in [-0.15, -0.1) is 0 Å². The number of H-pyrrole nitrogens is 1. The van der Waals surface area contributed by atoms with Crippen molar-refractivity contribution in [3.63, 3.8) is 0 Å². The van der Waals surface area contributed by atoms with E-state index < -0.39 is 10.1 Å². The van der Waals surface area contributed by atoms with Crippen LogP contribution in [0.15, 0.2) is 18.2 Å². The molecule has 0 radical (unpaired) electrons. The molecule has 0 aliphatic rings. The lowest BCUT2D eigenvalue weighted by Gasteiger charge is -1.97. The Hall–Kier alpha value is -1.40. The predicted molar refractivity (Wildman–Crippen MR) is 67.4 cm³/mol. The van der Waals surface area contributed by atoms with Crippen LogP contribution in [0.3, 0.4) is 0 Å². The van der Waals surface area contributed by atoms with Crippen molar-refractivity contribution < 1.29 is 13.0 Å². The lowest BCUT2D eigenvalue weighted by Crippen LogP contribution is -2.01. The number of hydrogen-bond donors (Lipinski definition) is 2. The van der Waals surface area contributed by atoms with E-state index in [9.17, 15) is 8.42 Å². The first-order valence-electron chi connectivity index (χ1n) is 5.34. The lowest BCUT2D eigenvalue weighted by molar-refractivity contribution is 0.482. The molecule has 0 spiro atoms. The SMILES string of the molecule is CC.Cc1nc2ccc(CS(=O)(=O)O)cc2[nH]1. The maximum atomic E-state index is 10.7. The molecule has 94 valence electrons. The van der Waals surface area contributed by atoms with Crippen molar-refractivity contribution in [3.05, 3.63) is 29.6 Å². The summed E-state index contributed by atoms with van der Waals surface area (Å²) >= 11 is 0. The summed E-state index contributed by atoms with van der Waals surface area (Å²) in [6.07, 6.45) is 0. The van der Waals surface area contributed by atoms with Crippen LogP contribution < -0.4 is 0 Å². The molecule has 6 heteroatoms. The molecule has 0 aliphatic carbocycles. The fourth-order valence-corrected chi connectivity index (χ4v) is 2.09. The monoisotopic (exact) mass is 256 g/mol. The highest BCUT2D eigenvalue weighted by Crippen LogP contribution is 2.14. The number of nitrogens with zero attached hydrogens (tertiary/aromatic N) is 1. The number of aryl methyl sites for hydroxylation is 1. The normalized spacial score (nSPS) is 11.1. The topological polar surface area (TPSA) is 83.1 Å². The summed E-state index contributed by atoms with van der Waals surface area (Å²) in [5, 5.41) is 0. The third-order valence-electron chi connectivity index (χ3n) is 2.01. The number of nitrogens with one attached hydrogen (secondary N) is 1. The molecule has 0 saturated heterocycles. The van der Waals surface area contributed by atoms with E-state index in [-0.39, 0.29) is 5.75 Å². The van der Waals surface area contributed by atoms with E-state index in [2.05, 4.69) is 9.97 Å². The van der Waals surface area contributed by atoms with E-state index in [1.807, 2.05) is 20.8 Å². The summed E-state index contributed by atoms with van der Waals surface area (Å²) < 4.78 is 30.0. The molecule has 17 heavy (non-hydrogen) atoms. The van der Waals surface area contributed by atoms with Gasteiger partial charge in [0.05, 0.1) is 11.0 Å². The second-order valence-corrected chi connectivity index (χ2v) is 4.85. The zero-order chi connectivity index (χ0) is 13.1. The molecule has 1 aromatic carbocycles. The zero-order valence-electron chi connectivity index (χ0n) is 10.1. The number of fused-ring (bicyclic) bond motifs is 1. The number of aromatic nitrogens is 2. The summed E-state index contributed by atoms with van der Waals surface area (Å²) in [6, 6.07) is 5.03. The van der Waals surface area contributed by atoms with Gasteiger partial charge in [-0.1, -0.05) is 19.9 Å². The van der Waals surface area contributed by atoms with E-state index in [1.165, 1.54) is 0 Å². The van der Waals surface area contributed by atoms with Gasteiger partial charge in [0.25, 0.3) is 10.1 Å². The van der Waals surface area contributed by atoms with E-state index in [1.54, 1.807) is 18.2 Å². The molecule has 1 aromatic heterocycles. The predicted octanol–water partition coefficient (Wildman–Crippen LogP) is 2.29. The standard InChI is InChI=1S/C9H10N2O3S.C2H6/c1-6-10-8-3-2-7(4-9(8)11-6)5-15(12,13)14;1-2/h2-4H,5H2,1H3,(H,10,11)(H,12,13,14);1-2H3. The van der Waals surface area contributed by atoms with Crippen LogP contribution in [0, 0.1) is 6.92 Å². The lowest BCUT2D eigenvalue weighted by atomic mass is 10.2. The van der Waals surface area contributed by atoms with Crippen molar-refractivity contribution in [3.8, 4) is 0 Å². The summed E-state index contributed by atoms with van der Waals surface area (Å²) in [5.41, 5.74) is 2.09. The van der Waals surface area contributed by atoms with Gasteiger partial charge in [-0.3, -0.25) is 4.55 Å². The van der Waals surface area contributed by atoms with Crippen molar-refractivity contribution in [2.45, 2.75) is 26.5 Å². The molecule has 2 rings (SSSR count). The number of rotatable bonds is 2. The van der Waals surface area contributed by atoms with Gasteiger partial charge in [0.1, 0.15) is 11.6 Å². The van der Waals surface area contributed by atoms with Gasteiger partial charge < -0.3 is 4.98 Å². The van der Waals surface area contributed by atoms with Crippen molar-refractivity contribution in [2.75, 3.05) is 0 Å². The minimum absolute atomic E-state index is 0.374. The Bertz CT molecular complexity index is 602. The molecule has 0 bridgehead atoms. The summed E-state index contributed by atoms with van der Waals surface area (Å²) in [5.74, 6) is 0.398. The molecule has 0 amide bonds. The highest BCUT2D eigenvalue weighted by atomic mass is 32.2. The van der Waals surface area contributed by atoms with Crippen molar-refractivity contribution in [1.29, 1.82) is 0 Å². The van der Waals surface area contributed by atoms with Crippen molar-refractivity contribution in [2.24, 2.45) is 0 Å². The number of hydrogen-bond acceptors (Lipinski definition) is 3. The second kappa shape index (κ2) is 5.29. The second-order valence-electron chi connectivity index (χ2n) is 3.40. The molecule has 0 unspecified atom stereocenters. The Balaban J connectivity index is 0.000000686. The Morgan fingerprint density at radius 1 is 1.35 bits per heavy atom. The molecule has 0 fully saturated rings. The molecular weight excluding hydrogens is 240 g/mol. The number of imidazole rings is 1. The van der Waals surface area contributed by atoms with Gasteiger partial charge in [0.15, 0.2) is 0 Å². The minimum atomic E-state index is -3.97. The van der Waals surface area contributed by atoms with Crippen molar-refractivity contribution >= 4 is 21.2 Å². The van der Waals surface area contributed by atoms with Gasteiger partial charge in [-0.25, -0.2) is 4.98 Å². The Kier molecular flexibility index (Phi) is 4.25. The molecule has 0 atom stereocenters. The Labute approximate surface area is 101 Å². The molecule has 0 saturated carbocycles. The van der Waals surface area contributed by atoms with Crippen LogP contribution >= 0.6 is 0 Å². The Morgan fingerprint density at radius 3 is 2.59 bits per heavy atom. The minimum Gasteiger partial charge on any atom is -0.342 e. The van der Waals surface area contributed by atoms with Crippen molar-refractivity contribution in [1.82, 2.24) is 9.97 Å². The highest BCUT2D eigenvalue weighted by Gasteiger charge is 2.08. The first kappa shape index (κ1) is 13.7. The van der Waals surface area contributed by atoms with Gasteiger partial charge in [-0.05, 0) is 24.6 Å². The van der Waals surface area contributed by atoms with Crippen LogP contribution in [-0.4, -0.2) is 22.9 Å². The van der Waals surface area contributed by atoms with E-state index in [0.29, 0.717) is 5.56 Å². The van der Waals surface area contributed by atoms with Crippen LogP contribution in [-0.2, 0) is 15.9 Å². The first-order chi connectivity index (χ1) is 7.94. The van der Waals surface area contributed by atoms with Crippen LogP contribution in [0.25, 0.3) is 11.0 Å². The highest BCUT2D eigenvalue weighted by molar-refractivity contribution is 7.85. The molecule has 2 aromatic rings. The maximum absolute atomic E-state index is 10.7. The van der Waals surface area contributed by atoms with Crippen LogP contribution in [0.2, 0.25) is 0 Å².